The van der Waals surface area contributed by atoms with Crippen LogP contribution in [0.1, 0.15) is 40.0 Å². The fraction of sp³-hybridized carbons (Fsp3) is 0.727. The van der Waals surface area contributed by atoms with Gasteiger partial charge in [0.2, 0.25) is 0 Å². The van der Waals surface area contributed by atoms with Crippen LogP contribution in [0.25, 0.3) is 0 Å². The van der Waals surface area contributed by atoms with E-state index < -0.39 is 0 Å². The molecule has 0 fully saturated rings. The van der Waals surface area contributed by atoms with Crippen LogP contribution in [0.3, 0.4) is 0 Å². The van der Waals surface area contributed by atoms with Crippen molar-refractivity contribution < 1.29 is 0 Å². The zero-order valence-electron chi connectivity index (χ0n) is 8.43. The van der Waals surface area contributed by atoms with E-state index in [2.05, 4.69) is 31.8 Å². The van der Waals surface area contributed by atoms with Crippen molar-refractivity contribution in [2.45, 2.75) is 40.0 Å². The first-order valence-corrected chi connectivity index (χ1v) is 4.99. The first-order chi connectivity index (χ1) is 5.75. The molecule has 12 heavy (non-hydrogen) atoms. The van der Waals surface area contributed by atoms with Gasteiger partial charge in [0.15, 0.2) is 0 Å². The SMILES string of the molecule is CCCC1=NCCC=C1C(C)C. The molecule has 0 spiro atoms. The maximum atomic E-state index is 4.57. The van der Waals surface area contributed by atoms with E-state index >= 15 is 0 Å². The molecular formula is C11H19N. The molecular weight excluding hydrogens is 146 g/mol. The van der Waals surface area contributed by atoms with Crippen molar-refractivity contribution in [3.63, 3.8) is 0 Å². The van der Waals surface area contributed by atoms with Gasteiger partial charge in [0.05, 0.1) is 0 Å². The lowest BCUT2D eigenvalue weighted by atomic mass is 9.93. The molecule has 1 aliphatic heterocycles. The summed E-state index contributed by atoms with van der Waals surface area (Å²) in [7, 11) is 0. The van der Waals surface area contributed by atoms with E-state index in [0.29, 0.717) is 5.92 Å². The highest BCUT2D eigenvalue weighted by Crippen LogP contribution is 2.19. The number of dihydropyridines is 1. The van der Waals surface area contributed by atoms with E-state index in [4.69, 9.17) is 0 Å². The number of hydrogen-bond acceptors (Lipinski definition) is 1. The summed E-state index contributed by atoms with van der Waals surface area (Å²) in [6.45, 7) is 7.73. The molecule has 0 radical (unpaired) electrons. The summed E-state index contributed by atoms with van der Waals surface area (Å²) in [6, 6.07) is 0. The molecule has 0 saturated heterocycles. The molecule has 0 atom stereocenters. The average Bonchev–Trinajstić information content (AvgIpc) is 2.05. The molecule has 1 nitrogen and oxygen atoms in total. The Bertz CT molecular complexity index is 199. The van der Waals surface area contributed by atoms with Gasteiger partial charge in [0, 0.05) is 12.3 Å². The predicted octanol–water partition coefficient (Wildman–Crippen LogP) is 3.21. The Kier molecular flexibility index (Phi) is 3.51. The molecule has 0 amide bonds. The van der Waals surface area contributed by atoms with Gasteiger partial charge in [0.1, 0.15) is 0 Å². The van der Waals surface area contributed by atoms with Crippen LogP contribution >= 0.6 is 0 Å². The Labute approximate surface area is 75.6 Å². The van der Waals surface area contributed by atoms with Gasteiger partial charge in [-0.1, -0.05) is 33.3 Å². The van der Waals surface area contributed by atoms with E-state index in [1.807, 2.05) is 0 Å². The monoisotopic (exact) mass is 165 g/mol. The average molecular weight is 165 g/mol. The summed E-state index contributed by atoms with van der Waals surface area (Å²) in [5.41, 5.74) is 2.85. The van der Waals surface area contributed by atoms with Gasteiger partial charge < -0.3 is 0 Å². The van der Waals surface area contributed by atoms with E-state index in [1.165, 1.54) is 17.7 Å². The summed E-state index contributed by atoms with van der Waals surface area (Å²) in [6.07, 6.45) is 5.87. The van der Waals surface area contributed by atoms with Crippen molar-refractivity contribution in [2.75, 3.05) is 6.54 Å². The Morgan fingerprint density at radius 3 is 2.83 bits per heavy atom. The van der Waals surface area contributed by atoms with Crippen LogP contribution in [0.5, 0.6) is 0 Å². The molecule has 0 aromatic carbocycles. The second kappa shape index (κ2) is 4.44. The van der Waals surface area contributed by atoms with Gasteiger partial charge >= 0.3 is 0 Å². The first-order valence-electron chi connectivity index (χ1n) is 4.99. The van der Waals surface area contributed by atoms with E-state index in [9.17, 15) is 0 Å². The van der Waals surface area contributed by atoms with Gasteiger partial charge in [-0.3, -0.25) is 4.99 Å². The summed E-state index contributed by atoms with van der Waals surface area (Å²) in [5, 5.41) is 0. The standard InChI is InChI=1S/C11H19N/c1-4-6-11-10(9(2)3)7-5-8-12-11/h7,9H,4-6,8H2,1-3H3. The van der Waals surface area contributed by atoms with Crippen molar-refractivity contribution >= 4 is 5.71 Å². The number of nitrogens with zero attached hydrogens (tertiary/aromatic N) is 1. The first kappa shape index (κ1) is 9.50. The zero-order valence-corrected chi connectivity index (χ0v) is 8.43. The maximum Gasteiger partial charge on any atom is 0.0427 e. The Morgan fingerprint density at radius 1 is 1.50 bits per heavy atom. The van der Waals surface area contributed by atoms with Crippen LogP contribution in [0.15, 0.2) is 16.6 Å². The van der Waals surface area contributed by atoms with E-state index in [0.717, 1.165) is 19.4 Å². The fourth-order valence-corrected chi connectivity index (χ4v) is 1.66. The molecule has 68 valence electrons. The molecule has 0 saturated carbocycles. The Morgan fingerprint density at radius 2 is 2.25 bits per heavy atom. The lowest BCUT2D eigenvalue weighted by Crippen LogP contribution is -2.12. The van der Waals surface area contributed by atoms with Gasteiger partial charge in [0.25, 0.3) is 0 Å². The Hall–Kier alpha value is -0.590. The Balaban J connectivity index is 2.68. The minimum atomic E-state index is 0.649. The van der Waals surface area contributed by atoms with Gasteiger partial charge in [-0.05, 0) is 24.3 Å². The summed E-state index contributed by atoms with van der Waals surface area (Å²) in [4.78, 5) is 4.57. The normalized spacial score (nSPS) is 17.7. The minimum Gasteiger partial charge on any atom is -0.289 e. The van der Waals surface area contributed by atoms with Gasteiger partial charge in [-0.25, -0.2) is 0 Å². The highest BCUT2D eigenvalue weighted by molar-refractivity contribution is 6.00. The third-order valence-corrected chi connectivity index (χ3v) is 2.24. The number of rotatable bonds is 3. The second-order valence-corrected chi connectivity index (χ2v) is 3.68. The molecule has 0 aliphatic carbocycles. The van der Waals surface area contributed by atoms with Crippen LogP contribution in [0, 0.1) is 5.92 Å². The minimum absolute atomic E-state index is 0.649. The fourth-order valence-electron chi connectivity index (χ4n) is 1.66. The van der Waals surface area contributed by atoms with Crippen molar-refractivity contribution in [2.24, 2.45) is 10.9 Å². The molecule has 1 aliphatic rings. The van der Waals surface area contributed by atoms with Crippen LogP contribution in [-0.4, -0.2) is 12.3 Å². The molecule has 0 bridgehead atoms. The molecule has 1 heterocycles. The van der Waals surface area contributed by atoms with Crippen LogP contribution in [0.4, 0.5) is 0 Å². The van der Waals surface area contributed by atoms with Crippen molar-refractivity contribution in [1.82, 2.24) is 0 Å². The van der Waals surface area contributed by atoms with Crippen LogP contribution in [0.2, 0.25) is 0 Å². The summed E-state index contributed by atoms with van der Waals surface area (Å²) < 4.78 is 0. The molecule has 1 heteroatoms. The smallest absolute Gasteiger partial charge is 0.0427 e. The summed E-state index contributed by atoms with van der Waals surface area (Å²) >= 11 is 0. The van der Waals surface area contributed by atoms with Gasteiger partial charge in [-0.15, -0.1) is 0 Å². The number of hydrogen-bond donors (Lipinski definition) is 0. The number of aliphatic imine (C=N–C) groups is 1. The predicted molar refractivity (Wildman–Crippen MR) is 54.7 cm³/mol. The lowest BCUT2D eigenvalue weighted by Gasteiger charge is -2.17. The van der Waals surface area contributed by atoms with Gasteiger partial charge in [-0.2, -0.15) is 0 Å². The molecule has 0 unspecified atom stereocenters. The maximum absolute atomic E-state index is 4.57. The summed E-state index contributed by atoms with van der Waals surface area (Å²) in [5.74, 6) is 0.649. The van der Waals surface area contributed by atoms with Crippen LogP contribution < -0.4 is 0 Å². The van der Waals surface area contributed by atoms with Crippen molar-refractivity contribution in [3.05, 3.63) is 11.6 Å². The quantitative estimate of drug-likeness (QED) is 0.609. The van der Waals surface area contributed by atoms with Crippen molar-refractivity contribution in [3.8, 4) is 0 Å². The number of allylic oxidation sites excluding steroid dienone is 1. The zero-order chi connectivity index (χ0) is 8.97. The van der Waals surface area contributed by atoms with Crippen LogP contribution in [-0.2, 0) is 0 Å². The van der Waals surface area contributed by atoms with Crippen molar-refractivity contribution in [1.29, 1.82) is 0 Å². The van der Waals surface area contributed by atoms with E-state index in [-0.39, 0.29) is 0 Å². The second-order valence-electron chi connectivity index (χ2n) is 3.68. The molecule has 0 N–H and O–H groups in total. The van der Waals surface area contributed by atoms with E-state index in [1.54, 1.807) is 0 Å². The molecule has 0 aromatic rings. The third kappa shape index (κ3) is 2.20. The third-order valence-electron chi connectivity index (χ3n) is 2.24. The highest BCUT2D eigenvalue weighted by atomic mass is 14.7. The topological polar surface area (TPSA) is 12.4 Å². The highest BCUT2D eigenvalue weighted by Gasteiger charge is 2.12. The molecule has 1 rings (SSSR count). The largest absolute Gasteiger partial charge is 0.289 e. The lowest BCUT2D eigenvalue weighted by molar-refractivity contribution is 0.770. The molecule has 0 aromatic heterocycles.